The molecule has 0 spiro atoms. The minimum Gasteiger partial charge on any atom is -0.311 e. The van der Waals surface area contributed by atoms with Crippen LogP contribution in [0.5, 0.6) is 0 Å². The third kappa shape index (κ3) is 3.16. The van der Waals surface area contributed by atoms with Gasteiger partial charge in [-0.05, 0) is 32.0 Å². The highest BCUT2D eigenvalue weighted by atomic mass is 31.2. The van der Waals surface area contributed by atoms with Crippen LogP contribution in [0.1, 0.15) is 24.2 Å². The monoisotopic (exact) mass is 314 g/mol. The van der Waals surface area contributed by atoms with Crippen molar-refractivity contribution in [3.8, 4) is 0 Å². The molecule has 0 saturated carbocycles. The Bertz CT molecular complexity index is 551. The van der Waals surface area contributed by atoms with Crippen molar-refractivity contribution in [2.24, 2.45) is 0 Å². The summed E-state index contributed by atoms with van der Waals surface area (Å²) < 4.78 is 23.1. The molecule has 1 aromatic rings. The first-order chi connectivity index (χ1) is 10.0. The lowest BCUT2D eigenvalue weighted by Gasteiger charge is -2.31. The molecule has 0 aromatic heterocycles. The van der Waals surface area contributed by atoms with Gasteiger partial charge in [-0.25, -0.2) is 0 Å². The number of likely N-dealkylation sites (tertiary alicyclic amines) is 1. The number of nitrogens with zero attached hydrogens (tertiary/aromatic N) is 2. The van der Waals surface area contributed by atoms with Crippen molar-refractivity contribution in [1.82, 2.24) is 4.90 Å². The van der Waals surface area contributed by atoms with Gasteiger partial charge >= 0.3 is 7.60 Å². The standard InChI is InChI=1S/C13H19N2O5P/c1-19-21(18,20-2)13(14-9-5-6-10-14)11-7-3-4-8-12(11)15(16)17/h3-4,7-8,13H,5-6,9-10H2,1-2H3. The summed E-state index contributed by atoms with van der Waals surface area (Å²) in [6.07, 6.45) is 1.93. The first kappa shape index (κ1) is 16.1. The van der Waals surface area contributed by atoms with Crippen LogP contribution in [0.3, 0.4) is 0 Å². The number of hydrogen-bond acceptors (Lipinski definition) is 6. The van der Waals surface area contributed by atoms with Gasteiger partial charge in [0.2, 0.25) is 0 Å². The van der Waals surface area contributed by atoms with E-state index in [0.717, 1.165) is 12.8 Å². The molecular formula is C13H19N2O5P. The van der Waals surface area contributed by atoms with Crippen molar-refractivity contribution in [2.75, 3.05) is 27.3 Å². The third-order valence-corrected chi connectivity index (χ3v) is 5.93. The molecule has 116 valence electrons. The van der Waals surface area contributed by atoms with E-state index in [2.05, 4.69) is 0 Å². The van der Waals surface area contributed by atoms with Crippen LogP contribution in [0.4, 0.5) is 5.69 Å². The van der Waals surface area contributed by atoms with Crippen LogP contribution in [0, 0.1) is 10.1 Å². The van der Waals surface area contributed by atoms with E-state index in [1.165, 1.54) is 20.3 Å². The highest BCUT2D eigenvalue weighted by molar-refractivity contribution is 7.54. The number of nitro groups is 1. The molecule has 1 unspecified atom stereocenters. The van der Waals surface area contributed by atoms with Crippen LogP contribution in [0.15, 0.2) is 24.3 Å². The molecule has 2 rings (SSSR count). The normalized spacial score (nSPS) is 17.8. The van der Waals surface area contributed by atoms with Gasteiger partial charge in [-0.15, -0.1) is 0 Å². The van der Waals surface area contributed by atoms with Gasteiger partial charge in [-0.1, -0.05) is 12.1 Å². The van der Waals surface area contributed by atoms with Crippen LogP contribution in [-0.2, 0) is 13.6 Å². The maximum absolute atomic E-state index is 12.9. The summed E-state index contributed by atoms with van der Waals surface area (Å²) in [4.78, 5) is 12.7. The van der Waals surface area contributed by atoms with E-state index < -0.39 is 18.3 Å². The summed E-state index contributed by atoms with van der Waals surface area (Å²) in [6.45, 7) is 1.43. The SMILES string of the molecule is COP(=O)(OC)C(c1ccccc1[N+](=O)[O-])N1CCCC1. The van der Waals surface area contributed by atoms with Crippen molar-refractivity contribution in [3.05, 3.63) is 39.9 Å². The predicted molar refractivity (Wildman–Crippen MR) is 78.3 cm³/mol. The Morgan fingerprint density at radius 2 is 1.81 bits per heavy atom. The van der Waals surface area contributed by atoms with Gasteiger partial charge < -0.3 is 9.05 Å². The number of nitro benzene ring substituents is 1. The molecule has 1 fully saturated rings. The van der Waals surface area contributed by atoms with E-state index in [4.69, 9.17) is 9.05 Å². The van der Waals surface area contributed by atoms with Gasteiger partial charge in [0.15, 0.2) is 0 Å². The molecule has 7 nitrogen and oxygen atoms in total. The molecule has 1 aliphatic heterocycles. The second kappa shape index (κ2) is 6.66. The molecule has 0 amide bonds. The minimum atomic E-state index is -3.51. The third-order valence-electron chi connectivity index (χ3n) is 3.71. The molecule has 0 aliphatic carbocycles. The second-order valence-corrected chi connectivity index (χ2v) is 7.14. The quantitative estimate of drug-likeness (QED) is 0.455. The van der Waals surface area contributed by atoms with Gasteiger partial charge in [-0.2, -0.15) is 0 Å². The number of para-hydroxylation sites is 1. The van der Waals surface area contributed by atoms with E-state index in [9.17, 15) is 14.7 Å². The maximum Gasteiger partial charge on any atom is 0.351 e. The molecule has 21 heavy (non-hydrogen) atoms. The zero-order valence-electron chi connectivity index (χ0n) is 12.1. The van der Waals surface area contributed by atoms with Crippen molar-refractivity contribution < 1.29 is 18.5 Å². The Morgan fingerprint density at radius 1 is 1.24 bits per heavy atom. The van der Waals surface area contributed by atoms with Crippen LogP contribution < -0.4 is 0 Å². The van der Waals surface area contributed by atoms with Crippen LogP contribution in [0.25, 0.3) is 0 Å². The van der Waals surface area contributed by atoms with E-state index in [0.29, 0.717) is 18.7 Å². The molecule has 0 radical (unpaired) electrons. The largest absolute Gasteiger partial charge is 0.351 e. The topological polar surface area (TPSA) is 81.9 Å². The fraction of sp³-hybridized carbons (Fsp3) is 0.538. The van der Waals surface area contributed by atoms with E-state index in [1.54, 1.807) is 18.2 Å². The molecule has 1 aromatic carbocycles. The molecular weight excluding hydrogens is 295 g/mol. The summed E-state index contributed by atoms with van der Waals surface area (Å²) in [5, 5.41) is 11.3. The average Bonchev–Trinajstić information content (AvgIpc) is 3.01. The zero-order chi connectivity index (χ0) is 15.5. The van der Waals surface area contributed by atoms with Gasteiger partial charge in [0, 0.05) is 20.3 Å². The Morgan fingerprint density at radius 3 is 2.33 bits per heavy atom. The summed E-state index contributed by atoms with van der Waals surface area (Å²) in [5.41, 5.74) is 0.306. The summed E-state index contributed by atoms with van der Waals surface area (Å²) in [6, 6.07) is 6.31. The fourth-order valence-electron chi connectivity index (χ4n) is 2.70. The summed E-state index contributed by atoms with van der Waals surface area (Å²) in [5.74, 6) is -0.753. The van der Waals surface area contributed by atoms with Gasteiger partial charge in [-0.3, -0.25) is 19.6 Å². The van der Waals surface area contributed by atoms with Gasteiger partial charge in [0.25, 0.3) is 5.69 Å². The molecule has 1 saturated heterocycles. The Hall–Kier alpha value is -1.27. The van der Waals surface area contributed by atoms with Crippen LogP contribution in [0.2, 0.25) is 0 Å². The van der Waals surface area contributed by atoms with Crippen molar-refractivity contribution in [3.63, 3.8) is 0 Å². The molecule has 8 heteroatoms. The fourth-order valence-corrected chi connectivity index (χ4v) is 4.44. The first-order valence-corrected chi connectivity index (χ1v) is 8.33. The zero-order valence-corrected chi connectivity index (χ0v) is 13.0. The Kier molecular flexibility index (Phi) is 5.11. The van der Waals surface area contributed by atoms with Crippen molar-refractivity contribution >= 4 is 13.3 Å². The lowest BCUT2D eigenvalue weighted by Crippen LogP contribution is -2.27. The lowest BCUT2D eigenvalue weighted by molar-refractivity contribution is -0.385. The maximum atomic E-state index is 12.9. The van der Waals surface area contributed by atoms with E-state index >= 15 is 0 Å². The number of hydrogen-bond donors (Lipinski definition) is 0. The Balaban J connectivity index is 2.55. The number of rotatable bonds is 6. The lowest BCUT2D eigenvalue weighted by atomic mass is 10.1. The molecule has 0 N–H and O–H groups in total. The van der Waals surface area contributed by atoms with Crippen LogP contribution in [-0.4, -0.2) is 37.1 Å². The average molecular weight is 314 g/mol. The molecule has 1 aliphatic rings. The van der Waals surface area contributed by atoms with Crippen molar-refractivity contribution in [1.29, 1.82) is 0 Å². The van der Waals surface area contributed by atoms with Crippen LogP contribution >= 0.6 is 7.60 Å². The second-order valence-electron chi connectivity index (χ2n) is 4.84. The van der Waals surface area contributed by atoms with Gasteiger partial charge in [0.05, 0.1) is 10.5 Å². The van der Waals surface area contributed by atoms with E-state index in [-0.39, 0.29) is 5.69 Å². The number of benzene rings is 1. The highest BCUT2D eigenvalue weighted by Gasteiger charge is 2.43. The summed E-state index contributed by atoms with van der Waals surface area (Å²) >= 11 is 0. The highest BCUT2D eigenvalue weighted by Crippen LogP contribution is 2.62. The smallest absolute Gasteiger partial charge is 0.311 e. The Labute approximate surface area is 123 Å². The van der Waals surface area contributed by atoms with Crippen molar-refractivity contribution in [2.45, 2.75) is 18.6 Å². The molecule has 1 atom stereocenters. The summed E-state index contributed by atoms with van der Waals surface area (Å²) in [7, 11) is -0.892. The minimum absolute atomic E-state index is 0.0660. The van der Waals surface area contributed by atoms with E-state index in [1.807, 2.05) is 4.90 Å². The molecule has 1 heterocycles. The first-order valence-electron chi connectivity index (χ1n) is 6.72. The molecule has 0 bridgehead atoms. The van der Waals surface area contributed by atoms with Gasteiger partial charge in [0.1, 0.15) is 5.78 Å². The predicted octanol–water partition coefficient (Wildman–Crippen LogP) is 3.18.